The van der Waals surface area contributed by atoms with Crippen molar-refractivity contribution >= 4 is 16.7 Å². The van der Waals surface area contributed by atoms with Crippen LogP contribution in [0.5, 0.6) is 0 Å². The summed E-state index contributed by atoms with van der Waals surface area (Å²) in [7, 11) is 0. The first-order valence-corrected chi connectivity index (χ1v) is 4.95. The van der Waals surface area contributed by atoms with E-state index in [9.17, 15) is 8.78 Å². The van der Waals surface area contributed by atoms with Crippen molar-refractivity contribution < 1.29 is 8.78 Å². The van der Waals surface area contributed by atoms with Crippen LogP contribution in [0.4, 0.5) is 8.78 Å². The summed E-state index contributed by atoms with van der Waals surface area (Å²) in [5, 5.41) is 1.62. The molecule has 0 saturated heterocycles. The van der Waals surface area contributed by atoms with Gasteiger partial charge >= 0.3 is 0 Å². The first-order valence-electron chi connectivity index (χ1n) is 4.07. The maximum Gasteiger partial charge on any atom is 0.126 e. The summed E-state index contributed by atoms with van der Waals surface area (Å²) in [6.45, 7) is 5.37. The Kier molecular flexibility index (Phi) is 3.89. The SMILES string of the molecule is C=CS/C(=C\C)c1cc(F)cc(F)c1. The van der Waals surface area contributed by atoms with Gasteiger partial charge in [0, 0.05) is 11.0 Å². The maximum atomic E-state index is 12.9. The first kappa shape index (κ1) is 11.0. The lowest BCUT2D eigenvalue weighted by Crippen LogP contribution is -1.85. The van der Waals surface area contributed by atoms with E-state index in [1.807, 2.05) is 6.92 Å². The Morgan fingerprint density at radius 1 is 1.29 bits per heavy atom. The van der Waals surface area contributed by atoms with E-state index in [-0.39, 0.29) is 0 Å². The summed E-state index contributed by atoms with van der Waals surface area (Å²) >= 11 is 1.34. The number of benzene rings is 1. The molecule has 0 heterocycles. The van der Waals surface area contributed by atoms with Gasteiger partial charge in [-0.25, -0.2) is 8.78 Å². The predicted octanol–water partition coefficient (Wildman–Crippen LogP) is 4.20. The van der Waals surface area contributed by atoms with Crippen molar-refractivity contribution in [3.63, 3.8) is 0 Å². The molecule has 0 bridgehead atoms. The normalized spacial score (nSPS) is 11.5. The zero-order valence-electron chi connectivity index (χ0n) is 7.76. The molecule has 1 aromatic rings. The van der Waals surface area contributed by atoms with Crippen LogP contribution in [0.25, 0.3) is 4.91 Å². The predicted molar refractivity (Wildman–Crippen MR) is 57.8 cm³/mol. The molecule has 3 heteroatoms. The summed E-state index contributed by atoms with van der Waals surface area (Å²) in [4.78, 5) is 0.790. The van der Waals surface area contributed by atoms with E-state index in [1.165, 1.54) is 23.9 Å². The molecule has 0 nitrogen and oxygen atoms in total. The molecule has 0 aliphatic heterocycles. The molecule has 0 saturated carbocycles. The topological polar surface area (TPSA) is 0 Å². The molecule has 0 unspecified atom stereocenters. The standard InChI is InChI=1S/C11H10F2S/c1-3-11(14-4-2)8-5-9(12)7-10(13)6-8/h3-7H,2H2,1H3/b11-3-. The molecule has 0 spiro atoms. The summed E-state index contributed by atoms with van der Waals surface area (Å²) in [5.41, 5.74) is 0.537. The van der Waals surface area contributed by atoms with E-state index in [2.05, 4.69) is 6.58 Å². The van der Waals surface area contributed by atoms with E-state index in [4.69, 9.17) is 0 Å². The molecule has 0 aromatic heterocycles. The van der Waals surface area contributed by atoms with Crippen LogP contribution in [0, 0.1) is 11.6 Å². The molecular weight excluding hydrogens is 202 g/mol. The van der Waals surface area contributed by atoms with Gasteiger partial charge in [0.2, 0.25) is 0 Å². The van der Waals surface area contributed by atoms with Gasteiger partial charge < -0.3 is 0 Å². The fourth-order valence-electron chi connectivity index (χ4n) is 1.09. The molecule has 0 atom stereocenters. The molecule has 0 N–H and O–H groups in total. The minimum absolute atomic E-state index is 0.537. The minimum Gasteiger partial charge on any atom is -0.207 e. The summed E-state index contributed by atoms with van der Waals surface area (Å²) in [6, 6.07) is 3.46. The highest BCUT2D eigenvalue weighted by atomic mass is 32.2. The Morgan fingerprint density at radius 3 is 2.29 bits per heavy atom. The highest BCUT2D eigenvalue weighted by Gasteiger charge is 2.04. The second-order valence-corrected chi connectivity index (χ2v) is 3.60. The number of halogens is 2. The lowest BCUT2D eigenvalue weighted by atomic mass is 10.2. The highest BCUT2D eigenvalue weighted by Crippen LogP contribution is 2.28. The third kappa shape index (κ3) is 2.70. The quantitative estimate of drug-likeness (QED) is 0.723. The second-order valence-electron chi connectivity index (χ2n) is 2.60. The number of thioether (sulfide) groups is 1. The zero-order valence-corrected chi connectivity index (χ0v) is 8.57. The molecule has 14 heavy (non-hydrogen) atoms. The highest BCUT2D eigenvalue weighted by molar-refractivity contribution is 8.10. The largest absolute Gasteiger partial charge is 0.207 e. The average molecular weight is 212 g/mol. The van der Waals surface area contributed by atoms with E-state index in [1.54, 1.807) is 11.5 Å². The first-order chi connectivity index (χ1) is 6.67. The van der Waals surface area contributed by atoms with E-state index < -0.39 is 11.6 Å². The van der Waals surface area contributed by atoms with Crippen LogP contribution in [0.15, 0.2) is 36.3 Å². The average Bonchev–Trinajstić information content (AvgIpc) is 2.12. The third-order valence-corrected chi connectivity index (χ3v) is 2.51. The smallest absolute Gasteiger partial charge is 0.126 e. The van der Waals surface area contributed by atoms with E-state index >= 15 is 0 Å². The fourth-order valence-corrected chi connectivity index (χ4v) is 1.66. The summed E-state index contributed by atoms with van der Waals surface area (Å²) in [5.74, 6) is -1.13. The van der Waals surface area contributed by atoms with Crippen molar-refractivity contribution in [2.75, 3.05) is 0 Å². The lowest BCUT2D eigenvalue weighted by molar-refractivity contribution is 0.583. The van der Waals surface area contributed by atoms with Crippen LogP contribution >= 0.6 is 11.8 Å². The Bertz CT molecular complexity index is 349. The molecule has 1 rings (SSSR count). The Labute approximate surface area is 86.3 Å². The lowest BCUT2D eigenvalue weighted by Gasteiger charge is -2.03. The monoisotopic (exact) mass is 212 g/mol. The molecule has 0 amide bonds. The Hall–Kier alpha value is -1.09. The maximum absolute atomic E-state index is 12.9. The van der Waals surface area contributed by atoms with Crippen LogP contribution in [0.2, 0.25) is 0 Å². The van der Waals surface area contributed by atoms with Gasteiger partial charge in [-0.1, -0.05) is 24.4 Å². The van der Waals surface area contributed by atoms with Crippen LogP contribution < -0.4 is 0 Å². The molecule has 0 aliphatic rings. The van der Waals surface area contributed by atoms with Crippen LogP contribution in [0.1, 0.15) is 12.5 Å². The van der Waals surface area contributed by atoms with Gasteiger partial charge in [0.05, 0.1) is 0 Å². The molecular formula is C11H10F2S. The van der Waals surface area contributed by atoms with Gasteiger partial charge in [-0.2, -0.15) is 0 Å². The molecule has 1 aromatic carbocycles. The van der Waals surface area contributed by atoms with Gasteiger partial charge in [-0.15, -0.1) is 0 Å². The Balaban J connectivity index is 3.10. The van der Waals surface area contributed by atoms with Crippen LogP contribution in [-0.2, 0) is 0 Å². The van der Waals surface area contributed by atoms with Crippen molar-refractivity contribution in [1.29, 1.82) is 0 Å². The van der Waals surface area contributed by atoms with Gasteiger partial charge in [0.1, 0.15) is 11.6 Å². The minimum atomic E-state index is -0.566. The van der Waals surface area contributed by atoms with Gasteiger partial charge in [0.25, 0.3) is 0 Å². The number of hydrogen-bond donors (Lipinski definition) is 0. The van der Waals surface area contributed by atoms with Crippen molar-refractivity contribution in [2.45, 2.75) is 6.92 Å². The number of hydrogen-bond acceptors (Lipinski definition) is 1. The van der Waals surface area contributed by atoms with Gasteiger partial charge in [0.15, 0.2) is 0 Å². The second kappa shape index (κ2) is 4.96. The van der Waals surface area contributed by atoms with Crippen molar-refractivity contribution in [3.8, 4) is 0 Å². The van der Waals surface area contributed by atoms with Crippen molar-refractivity contribution in [2.24, 2.45) is 0 Å². The van der Waals surface area contributed by atoms with Crippen LogP contribution in [0.3, 0.4) is 0 Å². The molecule has 0 aliphatic carbocycles. The zero-order chi connectivity index (χ0) is 10.6. The van der Waals surface area contributed by atoms with E-state index in [0.717, 1.165) is 11.0 Å². The molecule has 74 valence electrons. The Morgan fingerprint density at radius 2 is 1.86 bits per heavy atom. The number of allylic oxidation sites excluding steroid dienone is 1. The van der Waals surface area contributed by atoms with Crippen LogP contribution in [-0.4, -0.2) is 0 Å². The number of rotatable bonds is 3. The molecule has 0 fully saturated rings. The van der Waals surface area contributed by atoms with Crippen molar-refractivity contribution in [3.05, 3.63) is 53.5 Å². The van der Waals surface area contributed by atoms with Gasteiger partial charge in [-0.05, 0) is 30.0 Å². The molecule has 0 radical (unpaired) electrons. The summed E-state index contributed by atoms with van der Waals surface area (Å²) < 4.78 is 25.7. The fraction of sp³-hybridized carbons (Fsp3) is 0.0909. The summed E-state index contributed by atoms with van der Waals surface area (Å²) in [6.07, 6.45) is 1.79. The van der Waals surface area contributed by atoms with Crippen molar-refractivity contribution in [1.82, 2.24) is 0 Å². The third-order valence-electron chi connectivity index (χ3n) is 1.62. The van der Waals surface area contributed by atoms with E-state index in [0.29, 0.717) is 5.56 Å². The van der Waals surface area contributed by atoms with Gasteiger partial charge in [-0.3, -0.25) is 0 Å².